The Bertz CT molecular complexity index is 2710. The molecule has 2 heteroatoms. The fourth-order valence-corrected chi connectivity index (χ4v) is 4.07. The van der Waals surface area contributed by atoms with E-state index >= 15 is 0 Å². The van der Waals surface area contributed by atoms with Crippen LogP contribution >= 0.6 is 0 Å². The lowest BCUT2D eigenvalue weighted by atomic mass is 9.95. The van der Waals surface area contributed by atoms with Crippen LogP contribution in [-0.2, 0) is 0 Å². The lowest BCUT2D eigenvalue weighted by Gasteiger charge is -2.09. The van der Waals surface area contributed by atoms with Crippen LogP contribution < -0.4 is 0 Å². The molecule has 5 aromatic carbocycles. The van der Waals surface area contributed by atoms with Crippen LogP contribution in [0.15, 0.2) is 115 Å². The third-order valence-electron chi connectivity index (χ3n) is 5.32. The van der Waals surface area contributed by atoms with Crippen LogP contribution in [0.2, 0.25) is 0 Å². The smallest absolute Gasteiger partial charge is 0.0645 e. The summed E-state index contributed by atoms with van der Waals surface area (Å²) in [6.07, 6.45) is 0. The lowest BCUT2D eigenvalue weighted by molar-refractivity contribution is 1.18. The fourth-order valence-electron chi connectivity index (χ4n) is 4.07. The summed E-state index contributed by atoms with van der Waals surface area (Å²) in [5.74, 6) is 0. The third-order valence-corrected chi connectivity index (χ3v) is 5.32. The average molecular weight is 427 g/mol. The van der Waals surface area contributed by atoms with Gasteiger partial charge >= 0.3 is 0 Å². The van der Waals surface area contributed by atoms with Crippen LogP contribution in [0.4, 0.5) is 0 Å². The maximum absolute atomic E-state index is 9.14. The van der Waals surface area contributed by atoms with Crippen molar-refractivity contribution in [3.8, 4) is 16.8 Å². The van der Waals surface area contributed by atoms with Crippen molar-refractivity contribution < 1.29 is 24.7 Å². The highest BCUT2D eigenvalue weighted by Crippen LogP contribution is 2.42. The number of fused-ring (bicyclic) bond motifs is 6. The van der Waals surface area contributed by atoms with Crippen LogP contribution in [-0.4, -0.2) is 9.55 Å². The van der Waals surface area contributed by atoms with E-state index in [1.165, 1.54) is 0 Å². The second kappa shape index (κ2) is 6.60. The number of hydrogen-bond donors (Lipinski definition) is 1. The molecule has 0 unspecified atom stereocenters. The molecule has 7 rings (SSSR count). The van der Waals surface area contributed by atoms with E-state index in [0.29, 0.717) is 0 Å². The average Bonchev–Trinajstić information content (AvgIpc) is 3.65. The van der Waals surface area contributed by atoms with Crippen LogP contribution in [0.3, 0.4) is 0 Å². The van der Waals surface area contributed by atoms with Gasteiger partial charge in [0.05, 0.1) is 35.7 Å². The van der Waals surface area contributed by atoms with E-state index in [2.05, 4.69) is 4.98 Å². The second-order valence-corrected chi connectivity index (χ2v) is 6.96. The first-order valence-corrected chi connectivity index (χ1v) is 9.50. The van der Waals surface area contributed by atoms with Gasteiger partial charge in [-0.2, -0.15) is 0 Å². The van der Waals surface area contributed by atoms with Crippen LogP contribution in [0.1, 0.15) is 24.7 Å². The molecule has 0 spiro atoms. The quantitative estimate of drug-likeness (QED) is 0.288. The summed E-state index contributed by atoms with van der Waals surface area (Å²) in [4.78, 5) is 2.81. The van der Waals surface area contributed by atoms with Gasteiger partial charge in [0.15, 0.2) is 0 Å². The molecule has 0 saturated carbocycles. The molecular formula is C30H20N2. The topological polar surface area (TPSA) is 20.7 Å². The Morgan fingerprint density at radius 3 is 2.16 bits per heavy atom. The van der Waals surface area contributed by atoms with E-state index in [9.17, 15) is 0 Å². The zero-order chi connectivity index (χ0) is 36.7. The standard InChI is InChI=1S/C30H20N2/c1-2-10-20(11-3-1)32-27-18-7-5-13-24(27)30-22(15-9-19-28(30)32)21-14-8-17-26-29(21)23-12-4-6-16-25(23)31-26/h1-19,31H/i1D,2D,3D,4D,5D,6D,7D,8D,9D,10D,11D,12D,13D,15D,16D,17D,18D,19D. The summed E-state index contributed by atoms with van der Waals surface area (Å²) < 4.78 is 156. The molecule has 0 aliphatic carbocycles. The van der Waals surface area contributed by atoms with Gasteiger partial charge in [-0.3, -0.25) is 0 Å². The molecule has 0 aliphatic rings. The third kappa shape index (κ3) is 2.35. The van der Waals surface area contributed by atoms with Gasteiger partial charge in [0, 0.05) is 38.3 Å². The largest absolute Gasteiger partial charge is 0.354 e. The van der Waals surface area contributed by atoms with Crippen molar-refractivity contribution >= 4 is 43.6 Å². The first-order chi connectivity index (χ1) is 23.4. The number of nitrogens with zero attached hydrogens (tertiary/aromatic N) is 1. The van der Waals surface area contributed by atoms with Gasteiger partial charge in [0.25, 0.3) is 0 Å². The number of rotatable bonds is 2. The maximum atomic E-state index is 9.14. The summed E-state index contributed by atoms with van der Waals surface area (Å²) in [7, 11) is 0. The lowest BCUT2D eigenvalue weighted by Crippen LogP contribution is -1.92. The van der Waals surface area contributed by atoms with Gasteiger partial charge in [0.1, 0.15) is 0 Å². The highest BCUT2D eigenvalue weighted by molar-refractivity contribution is 6.21. The van der Waals surface area contributed by atoms with Gasteiger partial charge in [-0.25, -0.2) is 0 Å². The summed E-state index contributed by atoms with van der Waals surface area (Å²) in [6, 6.07) is -10.9. The molecule has 0 saturated heterocycles. The van der Waals surface area contributed by atoms with E-state index in [1.54, 1.807) is 0 Å². The summed E-state index contributed by atoms with van der Waals surface area (Å²) in [6.45, 7) is 0. The molecule has 2 nitrogen and oxygen atoms in total. The van der Waals surface area contributed by atoms with Crippen molar-refractivity contribution in [2.45, 2.75) is 0 Å². The molecule has 0 atom stereocenters. The van der Waals surface area contributed by atoms with Crippen molar-refractivity contribution in [2.75, 3.05) is 0 Å². The predicted octanol–water partition coefficient (Wildman–Crippen LogP) is 8.09. The van der Waals surface area contributed by atoms with Gasteiger partial charge in [0.2, 0.25) is 0 Å². The molecule has 0 radical (unpaired) electrons. The minimum absolute atomic E-state index is 0.0653. The van der Waals surface area contributed by atoms with E-state index in [-0.39, 0.29) is 43.7 Å². The van der Waals surface area contributed by atoms with E-state index in [4.69, 9.17) is 24.7 Å². The van der Waals surface area contributed by atoms with E-state index in [0.717, 1.165) is 10.6 Å². The van der Waals surface area contributed by atoms with Crippen molar-refractivity contribution in [2.24, 2.45) is 0 Å². The van der Waals surface area contributed by atoms with Gasteiger partial charge < -0.3 is 9.55 Å². The summed E-state index contributed by atoms with van der Waals surface area (Å²) in [5.41, 5.74) is -2.14. The van der Waals surface area contributed by atoms with Crippen LogP contribution in [0.5, 0.6) is 0 Å². The Morgan fingerprint density at radius 1 is 0.531 bits per heavy atom. The Kier molecular flexibility index (Phi) is 1.52. The zero-order valence-corrected chi connectivity index (χ0v) is 16.0. The van der Waals surface area contributed by atoms with E-state index < -0.39 is 125 Å². The predicted molar refractivity (Wildman–Crippen MR) is 136 cm³/mol. The first-order valence-electron chi connectivity index (χ1n) is 18.5. The number of benzene rings is 5. The van der Waals surface area contributed by atoms with E-state index in [1.807, 2.05) is 0 Å². The maximum Gasteiger partial charge on any atom is 0.0645 e. The Balaban J connectivity index is 1.87. The Labute approximate surface area is 210 Å². The second-order valence-electron chi connectivity index (χ2n) is 6.96. The molecule has 2 aromatic heterocycles. The molecule has 0 aliphatic heterocycles. The SMILES string of the molecule is [2H]c1cc(-c2c([2H])c([2H])c([2H])c3c2c2c([2H])c([2H])c([2H])c([2H])c2n3-c2c([2H])c([2H])c([2H])c([2H])c2[2H])c2c([nH]c3c([2H])c([2H])c([2H])c([2H])c32)c1[2H]. The fraction of sp³-hybridized carbons (Fsp3) is 0. The molecule has 32 heavy (non-hydrogen) atoms. The van der Waals surface area contributed by atoms with Gasteiger partial charge in [-0.1, -0.05) is 78.6 Å². The highest BCUT2D eigenvalue weighted by Gasteiger charge is 2.18. The number of aromatic nitrogens is 2. The van der Waals surface area contributed by atoms with Crippen molar-refractivity contribution in [3.05, 3.63) is 115 Å². The molecule has 150 valence electrons. The zero-order valence-electron chi connectivity index (χ0n) is 34.0. The highest BCUT2D eigenvalue weighted by atomic mass is 15.0. The van der Waals surface area contributed by atoms with Crippen LogP contribution in [0.25, 0.3) is 60.4 Å². The first kappa shape index (κ1) is 7.39. The summed E-state index contributed by atoms with van der Waals surface area (Å²) >= 11 is 0. The Morgan fingerprint density at radius 2 is 1.25 bits per heavy atom. The normalized spacial score (nSPS) is 19.6. The number of para-hydroxylation sites is 3. The molecule has 7 aromatic rings. The molecule has 0 fully saturated rings. The number of hydrogen-bond acceptors (Lipinski definition) is 0. The monoisotopic (exact) mass is 426 g/mol. The molecule has 1 N–H and O–H groups in total. The molecule has 2 heterocycles. The number of nitrogens with one attached hydrogen (secondary N) is 1. The number of aromatic amines is 1. The minimum Gasteiger partial charge on any atom is -0.354 e. The Hall–Kier alpha value is -4.30. The van der Waals surface area contributed by atoms with Gasteiger partial charge in [-0.15, -0.1) is 0 Å². The molecule has 0 bridgehead atoms. The van der Waals surface area contributed by atoms with Crippen molar-refractivity contribution in [1.82, 2.24) is 9.55 Å². The molecular weight excluding hydrogens is 388 g/mol. The summed E-state index contributed by atoms with van der Waals surface area (Å²) in [5, 5.41) is -0.811. The van der Waals surface area contributed by atoms with Crippen LogP contribution in [0, 0.1) is 0 Å². The van der Waals surface area contributed by atoms with Crippen molar-refractivity contribution in [1.29, 1.82) is 0 Å². The number of H-pyrrole nitrogens is 1. The van der Waals surface area contributed by atoms with Gasteiger partial charge in [-0.05, 0) is 47.4 Å². The molecule has 0 amide bonds. The minimum atomic E-state index is -0.786. The van der Waals surface area contributed by atoms with Crippen molar-refractivity contribution in [3.63, 3.8) is 0 Å².